The molecule has 2 bridgehead atoms. The van der Waals surface area contributed by atoms with E-state index in [0.29, 0.717) is 5.82 Å². The smallest absolute Gasteiger partial charge is 0.294 e. The maximum absolute atomic E-state index is 13.4. The Bertz CT molecular complexity index is 904. The molecule has 2 saturated heterocycles. The lowest BCUT2D eigenvalue weighted by atomic mass is 10.1. The molecule has 2 unspecified atom stereocenters. The van der Waals surface area contributed by atoms with Crippen molar-refractivity contribution in [2.45, 2.75) is 31.3 Å². The maximum atomic E-state index is 13.4. The van der Waals surface area contributed by atoms with Crippen molar-refractivity contribution in [2.75, 3.05) is 13.1 Å². The van der Waals surface area contributed by atoms with E-state index in [9.17, 15) is 4.79 Å². The van der Waals surface area contributed by atoms with E-state index in [1.165, 1.54) is 0 Å². The number of benzene rings is 2. The fourth-order valence-corrected chi connectivity index (χ4v) is 4.36. The number of amides is 1. The first-order valence-corrected chi connectivity index (χ1v) is 9.92. The van der Waals surface area contributed by atoms with Crippen LogP contribution in [0.25, 0.3) is 17.1 Å². The highest BCUT2D eigenvalue weighted by atomic mass is 35.5. The number of nitrogens with zero attached hydrogens (tertiary/aromatic N) is 4. The summed E-state index contributed by atoms with van der Waals surface area (Å²) in [5, 5.41) is 8.10. The molecule has 2 aromatic carbocycles. The third-order valence-electron chi connectivity index (χ3n) is 5.72. The number of aromatic nitrogens is 3. The highest BCUT2D eigenvalue weighted by Crippen LogP contribution is 2.30. The Morgan fingerprint density at radius 2 is 1.62 bits per heavy atom. The summed E-state index contributed by atoms with van der Waals surface area (Å²) in [5.41, 5.74) is 1.84. The van der Waals surface area contributed by atoms with Crippen LogP contribution >= 0.6 is 12.4 Å². The van der Waals surface area contributed by atoms with E-state index in [-0.39, 0.29) is 36.2 Å². The van der Waals surface area contributed by atoms with Crippen LogP contribution in [-0.2, 0) is 0 Å². The molecular weight excluding hydrogens is 386 g/mol. The molecule has 1 amide bonds. The molecule has 0 aliphatic carbocycles. The van der Waals surface area contributed by atoms with E-state index in [4.69, 9.17) is 4.98 Å². The highest BCUT2D eigenvalue weighted by molar-refractivity contribution is 5.92. The van der Waals surface area contributed by atoms with Gasteiger partial charge in [0, 0.05) is 24.2 Å². The van der Waals surface area contributed by atoms with Crippen LogP contribution in [0.2, 0.25) is 0 Å². The summed E-state index contributed by atoms with van der Waals surface area (Å²) in [5.74, 6) is 0.917. The van der Waals surface area contributed by atoms with Crippen molar-refractivity contribution in [3.8, 4) is 17.1 Å². The molecule has 0 radical (unpaired) electrons. The molecule has 0 saturated carbocycles. The summed E-state index contributed by atoms with van der Waals surface area (Å²) in [6.45, 7) is 1.82. The Kier molecular flexibility index (Phi) is 5.65. The second-order valence-corrected chi connectivity index (χ2v) is 7.46. The van der Waals surface area contributed by atoms with Crippen LogP contribution in [-0.4, -0.2) is 50.7 Å². The molecule has 5 rings (SSSR count). The van der Waals surface area contributed by atoms with Gasteiger partial charge in [-0.15, -0.1) is 17.5 Å². The lowest BCUT2D eigenvalue weighted by Crippen LogP contribution is -2.43. The minimum atomic E-state index is -0.0527. The Balaban J connectivity index is 0.00000205. The Morgan fingerprint density at radius 1 is 0.931 bits per heavy atom. The third-order valence-corrected chi connectivity index (χ3v) is 5.72. The number of carbonyl (C=O) groups excluding carboxylic acids is 1. The summed E-state index contributed by atoms with van der Waals surface area (Å²) in [4.78, 5) is 20.1. The summed E-state index contributed by atoms with van der Waals surface area (Å²) in [6.07, 6.45) is 3.12. The van der Waals surface area contributed by atoms with Crippen LogP contribution in [0, 0.1) is 0 Å². The number of halogens is 1. The van der Waals surface area contributed by atoms with Gasteiger partial charge in [-0.3, -0.25) is 4.79 Å². The van der Waals surface area contributed by atoms with Gasteiger partial charge in [-0.1, -0.05) is 48.5 Å². The lowest BCUT2D eigenvalue weighted by molar-refractivity contribution is 0.0667. The van der Waals surface area contributed by atoms with Crippen LogP contribution in [0.4, 0.5) is 0 Å². The molecule has 2 fully saturated rings. The Labute approximate surface area is 176 Å². The van der Waals surface area contributed by atoms with E-state index >= 15 is 0 Å². The molecule has 0 spiro atoms. The average molecular weight is 410 g/mol. The minimum absolute atomic E-state index is 0. The van der Waals surface area contributed by atoms with Gasteiger partial charge in [-0.2, -0.15) is 0 Å². The first-order valence-electron chi connectivity index (χ1n) is 9.92. The molecular formula is C22H24ClN5O. The molecule has 3 aromatic rings. The van der Waals surface area contributed by atoms with Crippen LogP contribution in [0.15, 0.2) is 60.7 Å². The highest BCUT2D eigenvalue weighted by Gasteiger charge is 2.40. The zero-order valence-corrected chi connectivity index (χ0v) is 16.9. The maximum Gasteiger partial charge on any atom is 0.294 e. The van der Waals surface area contributed by atoms with E-state index in [1.807, 2.05) is 65.6 Å². The van der Waals surface area contributed by atoms with Gasteiger partial charge in [0.2, 0.25) is 5.82 Å². The van der Waals surface area contributed by atoms with Crippen molar-refractivity contribution in [2.24, 2.45) is 0 Å². The van der Waals surface area contributed by atoms with E-state index in [2.05, 4.69) is 10.4 Å². The second-order valence-electron chi connectivity index (χ2n) is 7.46. The summed E-state index contributed by atoms with van der Waals surface area (Å²) < 4.78 is 1.78. The number of fused-ring (bicyclic) bond motifs is 2. The topological polar surface area (TPSA) is 63.1 Å². The van der Waals surface area contributed by atoms with Gasteiger partial charge < -0.3 is 10.2 Å². The zero-order chi connectivity index (χ0) is 18.9. The monoisotopic (exact) mass is 409 g/mol. The summed E-state index contributed by atoms with van der Waals surface area (Å²) >= 11 is 0. The van der Waals surface area contributed by atoms with E-state index in [0.717, 1.165) is 43.6 Å². The molecule has 7 heteroatoms. The molecule has 2 aliphatic rings. The number of nitrogens with one attached hydrogen (secondary N) is 1. The average Bonchev–Trinajstić information content (AvgIpc) is 3.29. The molecule has 29 heavy (non-hydrogen) atoms. The van der Waals surface area contributed by atoms with Crippen molar-refractivity contribution in [3.63, 3.8) is 0 Å². The van der Waals surface area contributed by atoms with Crippen LogP contribution in [0.5, 0.6) is 0 Å². The normalized spacial score (nSPS) is 20.8. The number of hydrogen-bond acceptors (Lipinski definition) is 4. The van der Waals surface area contributed by atoms with Crippen molar-refractivity contribution in [1.82, 2.24) is 25.0 Å². The number of hydrogen-bond donors (Lipinski definition) is 1. The second kappa shape index (κ2) is 8.35. The quantitative estimate of drug-likeness (QED) is 0.720. The molecule has 2 aliphatic heterocycles. The number of carbonyl (C=O) groups is 1. The van der Waals surface area contributed by atoms with Crippen LogP contribution in [0.1, 0.15) is 29.9 Å². The van der Waals surface area contributed by atoms with Gasteiger partial charge in [0.1, 0.15) is 0 Å². The van der Waals surface area contributed by atoms with Crippen molar-refractivity contribution in [3.05, 3.63) is 66.5 Å². The Morgan fingerprint density at radius 3 is 2.38 bits per heavy atom. The lowest BCUT2D eigenvalue weighted by Gasteiger charge is -2.26. The molecule has 2 atom stereocenters. The van der Waals surface area contributed by atoms with E-state index in [1.54, 1.807) is 4.68 Å². The van der Waals surface area contributed by atoms with Crippen molar-refractivity contribution in [1.29, 1.82) is 0 Å². The fraction of sp³-hybridized carbons (Fsp3) is 0.318. The van der Waals surface area contributed by atoms with Gasteiger partial charge in [-0.05, 0) is 37.9 Å². The van der Waals surface area contributed by atoms with Gasteiger partial charge in [0.15, 0.2) is 5.82 Å². The van der Waals surface area contributed by atoms with Crippen molar-refractivity contribution >= 4 is 18.3 Å². The molecule has 6 nitrogen and oxygen atoms in total. The summed E-state index contributed by atoms with van der Waals surface area (Å²) in [6, 6.07) is 20.3. The standard InChI is InChI=1S/C22H23N5O.ClH/c28-22(26-17-11-12-19(26)15-23-14-13-17)20-24-21(16-7-3-1-4-8-16)27(25-20)18-9-5-2-6-10-18;/h1-10,17,19,23H,11-15H2;1H. The van der Waals surface area contributed by atoms with Gasteiger partial charge in [0.05, 0.1) is 5.69 Å². The number of para-hydroxylation sites is 1. The zero-order valence-electron chi connectivity index (χ0n) is 16.1. The molecule has 1 aromatic heterocycles. The predicted octanol–water partition coefficient (Wildman–Crippen LogP) is 3.32. The fourth-order valence-electron chi connectivity index (χ4n) is 4.36. The Hall–Kier alpha value is -2.70. The third kappa shape index (κ3) is 3.66. The largest absolute Gasteiger partial charge is 0.329 e. The van der Waals surface area contributed by atoms with Crippen molar-refractivity contribution < 1.29 is 4.79 Å². The van der Waals surface area contributed by atoms with Gasteiger partial charge >= 0.3 is 0 Å². The number of rotatable bonds is 3. The molecule has 3 heterocycles. The summed E-state index contributed by atoms with van der Waals surface area (Å²) in [7, 11) is 0. The SMILES string of the molecule is Cl.O=C(c1nc(-c2ccccc2)n(-c2ccccc2)n1)N1C2CCNCC1CC2. The van der Waals surface area contributed by atoms with Gasteiger partial charge in [0.25, 0.3) is 5.91 Å². The molecule has 150 valence electrons. The predicted molar refractivity (Wildman–Crippen MR) is 115 cm³/mol. The minimum Gasteiger partial charge on any atom is -0.329 e. The van der Waals surface area contributed by atoms with E-state index < -0.39 is 0 Å². The first kappa shape index (κ1) is 19.6. The molecule has 1 N–H and O–H groups in total. The first-order chi connectivity index (χ1) is 13.8. The van der Waals surface area contributed by atoms with Crippen LogP contribution < -0.4 is 5.32 Å². The van der Waals surface area contributed by atoms with Gasteiger partial charge in [-0.25, -0.2) is 9.67 Å². The van der Waals surface area contributed by atoms with Crippen LogP contribution in [0.3, 0.4) is 0 Å².